The number of ether oxygens (including phenoxy) is 2. The lowest BCUT2D eigenvalue weighted by molar-refractivity contribution is -0.140. The molecule has 1 aliphatic carbocycles. The number of carbonyl (C=O) groups excluding carboxylic acids is 2. The number of methoxy groups -OCH3 is 1. The van der Waals surface area contributed by atoms with Crippen LogP contribution in [0.5, 0.6) is 11.5 Å². The summed E-state index contributed by atoms with van der Waals surface area (Å²) in [7, 11) is 1.46. The van der Waals surface area contributed by atoms with Crippen LogP contribution >= 0.6 is 0 Å². The van der Waals surface area contributed by atoms with Crippen molar-refractivity contribution < 1.29 is 24.2 Å². The van der Waals surface area contributed by atoms with Gasteiger partial charge in [0.25, 0.3) is 0 Å². The summed E-state index contributed by atoms with van der Waals surface area (Å²) in [4.78, 5) is 24.2. The number of allylic oxidation sites excluding steroid dienone is 2. The van der Waals surface area contributed by atoms with E-state index in [0.717, 1.165) is 17.5 Å². The summed E-state index contributed by atoms with van der Waals surface area (Å²) in [5.74, 6) is -0.553. The zero-order valence-electron chi connectivity index (χ0n) is 15.3. The van der Waals surface area contributed by atoms with Gasteiger partial charge in [-0.05, 0) is 38.7 Å². The lowest BCUT2D eigenvalue weighted by Crippen LogP contribution is -2.15. The molecule has 1 atom stereocenters. The molecule has 5 nitrogen and oxygen atoms in total. The summed E-state index contributed by atoms with van der Waals surface area (Å²) in [6.07, 6.45) is 6.34. The van der Waals surface area contributed by atoms with Crippen molar-refractivity contribution in [2.75, 3.05) is 7.11 Å². The van der Waals surface area contributed by atoms with Crippen LogP contribution in [0.15, 0.2) is 17.7 Å². The van der Waals surface area contributed by atoms with Gasteiger partial charge in [-0.25, -0.2) is 4.79 Å². The number of ketones is 1. The molecule has 0 saturated heterocycles. The van der Waals surface area contributed by atoms with Crippen LogP contribution in [-0.4, -0.2) is 24.0 Å². The van der Waals surface area contributed by atoms with Crippen molar-refractivity contribution in [3.8, 4) is 11.5 Å². The quantitative estimate of drug-likeness (QED) is 0.494. The van der Waals surface area contributed by atoms with Crippen LogP contribution < -0.4 is 4.74 Å². The van der Waals surface area contributed by atoms with Crippen LogP contribution in [0.25, 0.3) is 6.08 Å². The molecule has 0 spiro atoms. The number of hydrogen-bond donors (Lipinski definition) is 1. The van der Waals surface area contributed by atoms with E-state index in [1.807, 2.05) is 19.1 Å². The highest BCUT2D eigenvalue weighted by Gasteiger charge is 2.29. The predicted octanol–water partition coefficient (Wildman–Crippen LogP) is 4.13. The van der Waals surface area contributed by atoms with E-state index in [9.17, 15) is 14.7 Å². The molecule has 0 aliphatic heterocycles. The number of Topliss-reactive ketones (excluding diaryl/α,β-unsaturated/α-hetero) is 1. The minimum Gasteiger partial charge on any atom is -0.504 e. The first kappa shape index (κ1) is 18.8. The normalized spacial score (nSPS) is 16.4. The van der Waals surface area contributed by atoms with E-state index in [0.29, 0.717) is 11.1 Å². The second-order valence-electron chi connectivity index (χ2n) is 6.21. The molecule has 1 aromatic rings. The number of phenols is 1. The Kier molecular flexibility index (Phi) is 5.67. The van der Waals surface area contributed by atoms with Gasteiger partial charge in [0, 0.05) is 16.7 Å². The largest absolute Gasteiger partial charge is 0.504 e. The highest BCUT2D eigenvalue weighted by Crippen LogP contribution is 2.46. The summed E-state index contributed by atoms with van der Waals surface area (Å²) in [6, 6.07) is 0. The fourth-order valence-electron chi connectivity index (χ4n) is 3.14. The van der Waals surface area contributed by atoms with Gasteiger partial charge in [-0.1, -0.05) is 25.2 Å². The Bertz CT molecular complexity index is 771. The molecule has 1 aromatic carbocycles. The summed E-state index contributed by atoms with van der Waals surface area (Å²) in [6.45, 7) is 6.76. The van der Waals surface area contributed by atoms with Crippen molar-refractivity contribution >= 4 is 17.8 Å². The van der Waals surface area contributed by atoms with Gasteiger partial charge >= 0.3 is 5.97 Å². The maximum Gasteiger partial charge on any atom is 0.333 e. The average Bonchev–Trinajstić information content (AvgIpc) is 2.58. The van der Waals surface area contributed by atoms with E-state index in [-0.39, 0.29) is 35.4 Å². The lowest BCUT2D eigenvalue weighted by Gasteiger charge is -2.26. The van der Waals surface area contributed by atoms with Gasteiger partial charge in [0.05, 0.1) is 12.7 Å². The van der Waals surface area contributed by atoms with Crippen molar-refractivity contribution in [2.24, 2.45) is 0 Å². The lowest BCUT2D eigenvalue weighted by atomic mass is 9.81. The Labute approximate surface area is 147 Å². The van der Waals surface area contributed by atoms with E-state index in [1.54, 1.807) is 19.9 Å². The molecule has 0 unspecified atom stereocenters. The maximum absolute atomic E-state index is 12.2. The average molecular weight is 344 g/mol. The number of fused-ring (bicyclic) bond motifs is 1. The van der Waals surface area contributed by atoms with Crippen LogP contribution in [0.2, 0.25) is 0 Å². The van der Waals surface area contributed by atoms with Crippen molar-refractivity contribution in [3.63, 3.8) is 0 Å². The number of carbonyl (C=O) groups is 2. The van der Waals surface area contributed by atoms with E-state index in [1.165, 1.54) is 14.0 Å². The SMILES string of the molecule is C/C=C(/C)C(=O)OCc1c(C(C)=O)c(O)c(OC)c2c1[C@@H](C)CC=C2. The monoisotopic (exact) mass is 344 g/mol. The minimum absolute atomic E-state index is 0.0724. The zero-order valence-corrected chi connectivity index (χ0v) is 15.3. The predicted molar refractivity (Wildman–Crippen MR) is 96.0 cm³/mol. The Morgan fingerprint density at radius 2 is 2.04 bits per heavy atom. The van der Waals surface area contributed by atoms with Gasteiger partial charge < -0.3 is 14.6 Å². The molecule has 134 valence electrons. The Hall–Kier alpha value is -2.56. The Morgan fingerprint density at radius 3 is 2.60 bits per heavy atom. The zero-order chi connectivity index (χ0) is 18.7. The fraction of sp³-hybridized carbons (Fsp3) is 0.400. The molecule has 0 heterocycles. The summed E-state index contributed by atoms with van der Waals surface area (Å²) >= 11 is 0. The second-order valence-corrected chi connectivity index (χ2v) is 6.21. The second kappa shape index (κ2) is 7.55. The van der Waals surface area contributed by atoms with Gasteiger partial charge in [0.1, 0.15) is 6.61 Å². The Balaban J connectivity index is 2.64. The highest BCUT2D eigenvalue weighted by atomic mass is 16.5. The number of hydrogen-bond acceptors (Lipinski definition) is 5. The molecule has 25 heavy (non-hydrogen) atoms. The summed E-state index contributed by atoms with van der Waals surface area (Å²) in [5, 5.41) is 10.6. The van der Waals surface area contributed by atoms with Crippen molar-refractivity contribution in [1.29, 1.82) is 0 Å². The standard InChI is InChI=1S/C20H24O5/c1-6-11(2)20(23)25-10-15-16-12(3)8-7-9-14(16)19(24-5)18(22)17(15)13(4)21/h6-7,9,12,22H,8,10H2,1-5H3/b11-6-/t12-/m0/s1. The number of phenolic OH excluding ortho intramolecular Hbond substituents is 1. The van der Waals surface area contributed by atoms with E-state index < -0.39 is 5.97 Å². The summed E-state index contributed by atoms with van der Waals surface area (Å²) < 4.78 is 10.7. The Morgan fingerprint density at radius 1 is 1.36 bits per heavy atom. The molecule has 0 saturated carbocycles. The first-order chi connectivity index (χ1) is 11.8. The molecule has 1 N–H and O–H groups in total. The number of esters is 1. The van der Waals surface area contributed by atoms with Gasteiger partial charge in [-0.15, -0.1) is 0 Å². The first-order valence-corrected chi connectivity index (χ1v) is 8.26. The molecule has 0 radical (unpaired) electrons. The van der Waals surface area contributed by atoms with Crippen LogP contribution in [-0.2, 0) is 16.1 Å². The molecule has 2 rings (SSSR count). The molecule has 0 fully saturated rings. The molecular weight excluding hydrogens is 320 g/mol. The smallest absolute Gasteiger partial charge is 0.333 e. The van der Waals surface area contributed by atoms with Gasteiger partial charge in [-0.2, -0.15) is 0 Å². The van der Waals surface area contributed by atoms with Gasteiger partial charge in [-0.3, -0.25) is 4.79 Å². The number of rotatable bonds is 5. The molecule has 1 aliphatic rings. The van der Waals surface area contributed by atoms with Crippen LogP contribution in [0, 0.1) is 0 Å². The molecule has 0 amide bonds. The van der Waals surface area contributed by atoms with Crippen LogP contribution in [0.1, 0.15) is 67.1 Å². The molecule has 5 heteroatoms. The summed E-state index contributed by atoms with van der Waals surface area (Å²) in [5.41, 5.74) is 2.81. The van der Waals surface area contributed by atoms with E-state index in [4.69, 9.17) is 9.47 Å². The van der Waals surface area contributed by atoms with E-state index in [2.05, 4.69) is 0 Å². The van der Waals surface area contributed by atoms with Crippen molar-refractivity contribution in [3.05, 3.63) is 40.0 Å². The van der Waals surface area contributed by atoms with Crippen molar-refractivity contribution in [2.45, 2.75) is 46.6 Å². The number of aromatic hydroxyl groups is 1. The maximum atomic E-state index is 12.2. The van der Waals surface area contributed by atoms with Gasteiger partial charge in [0.2, 0.25) is 0 Å². The topological polar surface area (TPSA) is 72.8 Å². The van der Waals surface area contributed by atoms with E-state index >= 15 is 0 Å². The van der Waals surface area contributed by atoms with Gasteiger partial charge in [0.15, 0.2) is 17.3 Å². The van der Waals surface area contributed by atoms with Crippen LogP contribution in [0.4, 0.5) is 0 Å². The third-order valence-corrected chi connectivity index (χ3v) is 4.54. The molecule has 0 aromatic heterocycles. The fourth-order valence-corrected chi connectivity index (χ4v) is 3.14. The third kappa shape index (κ3) is 3.45. The van der Waals surface area contributed by atoms with Crippen LogP contribution in [0.3, 0.4) is 0 Å². The number of benzene rings is 1. The minimum atomic E-state index is -0.444. The molecule has 0 bridgehead atoms. The third-order valence-electron chi connectivity index (χ3n) is 4.54. The molecular formula is C20H24O5. The van der Waals surface area contributed by atoms with Crippen molar-refractivity contribution in [1.82, 2.24) is 0 Å². The first-order valence-electron chi connectivity index (χ1n) is 8.26. The highest BCUT2D eigenvalue weighted by molar-refractivity contribution is 6.01.